The largest absolute Gasteiger partial charge is 0.481 e. The number of carboxylic acid groups (broad SMARTS) is 2. The second-order valence-electron chi connectivity index (χ2n) is 2.06. The number of nitrogens with one attached hydrogen (secondary N) is 1. The van der Waals surface area contributed by atoms with E-state index >= 15 is 0 Å². The van der Waals surface area contributed by atoms with Crippen LogP contribution in [0.2, 0.25) is 0 Å². The Morgan fingerprint density at radius 1 is 1.50 bits per heavy atom. The van der Waals surface area contributed by atoms with E-state index in [1.54, 1.807) is 0 Å². The first-order chi connectivity index (χ1) is 5.97. The van der Waals surface area contributed by atoms with E-state index in [1.807, 2.05) is 5.32 Å². The zero-order valence-corrected chi connectivity index (χ0v) is 6.11. The summed E-state index contributed by atoms with van der Waals surface area (Å²) < 4.78 is 6.57. The molecular formula is C6H9NO5. The lowest BCUT2D eigenvalue weighted by Crippen LogP contribution is -2.41. The molecule has 0 fully saturated rings. The first-order valence-corrected chi connectivity index (χ1v) is 3.00. The van der Waals surface area contributed by atoms with Gasteiger partial charge >= 0.3 is 11.9 Å². The van der Waals surface area contributed by atoms with Crippen LogP contribution in [0.4, 0.5) is 0 Å². The maximum Gasteiger partial charge on any atom is 0.326 e. The van der Waals surface area contributed by atoms with Crippen LogP contribution in [-0.4, -0.2) is 34.1 Å². The molecule has 0 saturated heterocycles. The Bertz CT molecular complexity index is 229. The molecule has 0 aromatic rings. The van der Waals surface area contributed by atoms with Crippen LogP contribution in [0.25, 0.3) is 0 Å². The van der Waals surface area contributed by atoms with Gasteiger partial charge in [0, 0.05) is 8.27 Å². The van der Waals surface area contributed by atoms with Gasteiger partial charge in [-0.15, -0.1) is 0 Å². The molecule has 0 unspecified atom stereocenters. The van der Waals surface area contributed by atoms with Gasteiger partial charge in [0.2, 0.25) is 5.91 Å². The van der Waals surface area contributed by atoms with Gasteiger partial charge in [-0.1, -0.05) is 0 Å². The van der Waals surface area contributed by atoms with Gasteiger partial charge in [0.05, 0.1) is 6.42 Å². The number of rotatable bonds is 4. The van der Waals surface area contributed by atoms with Gasteiger partial charge in [-0.05, 0) is 0 Å². The topological polar surface area (TPSA) is 104 Å². The summed E-state index contributed by atoms with van der Waals surface area (Å²) in [5.74, 6) is -3.56. The second-order valence-corrected chi connectivity index (χ2v) is 2.06. The second kappa shape index (κ2) is 4.32. The molecule has 0 saturated carbocycles. The summed E-state index contributed by atoms with van der Waals surface area (Å²) in [6.45, 7) is -0.622. The van der Waals surface area contributed by atoms with Crippen molar-refractivity contribution >= 4 is 17.8 Å². The summed E-state index contributed by atoms with van der Waals surface area (Å²) in [6.07, 6.45) is -0.693. The Morgan fingerprint density at radius 3 is 2.42 bits per heavy atom. The fourth-order valence-electron chi connectivity index (χ4n) is 0.569. The van der Waals surface area contributed by atoms with Crippen molar-refractivity contribution in [2.24, 2.45) is 0 Å². The Hall–Kier alpha value is -1.59. The number of aliphatic carboxylic acids is 2. The summed E-state index contributed by atoms with van der Waals surface area (Å²) in [4.78, 5) is 31.0. The molecule has 0 aliphatic carbocycles. The molecule has 6 nitrogen and oxygen atoms in total. The van der Waals surface area contributed by atoms with E-state index in [2.05, 4.69) is 0 Å². The van der Waals surface area contributed by atoms with Crippen LogP contribution in [0, 0.1) is 0 Å². The third-order valence-corrected chi connectivity index (χ3v) is 1.01. The summed E-state index contributed by atoms with van der Waals surface area (Å²) in [7, 11) is 0. The van der Waals surface area contributed by atoms with Crippen LogP contribution in [0.5, 0.6) is 0 Å². The zero-order chi connectivity index (χ0) is 10.4. The lowest BCUT2D eigenvalue weighted by atomic mass is 10.2. The van der Waals surface area contributed by atoms with Crippen molar-refractivity contribution in [3.05, 3.63) is 0 Å². The average molecular weight is 176 g/mol. The molecule has 0 aromatic carbocycles. The highest BCUT2D eigenvalue weighted by atomic mass is 16.4. The van der Waals surface area contributed by atoms with E-state index in [0.717, 1.165) is 0 Å². The molecule has 68 valence electrons. The van der Waals surface area contributed by atoms with E-state index < -0.39 is 37.2 Å². The maximum absolute atomic E-state index is 10.6. The molecule has 0 rings (SSSR count). The number of amides is 1. The van der Waals surface area contributed by atoms with Crippen molar-refractivity contribution in [3.8, 4) is 0 Å². The van der Waals surface area contributed by atoms with E-state index in [1.165, 1.54) is 0 Å². The van der Waals surface area contributed by atoms with Gasteiger partial charge in [-0.25, -0.2) is 4.79 Å². The molecule has 0 aliphatic heterocycles. The number of carboxylic acids is 2. The Morgan fingerprint density at radius 2 is 2.08 bits per heavy atom. The molecule has 1 amide bonds. The molecule has 0 aromatic heterocycles. The van der Waals surface area contributed by atoms with Crippen LogP contribution in [0.15, 0.2) is 0 Å². The molecule has 6 heteroatoms. The quantitative estimate of drug-likeness (QED) is 0.512. The lowest BCUT2D eigenvalue weighted by Gasteiger charge is -2.09. The van der Waals surface area contributed by atoms with Crippen molar-refractivity contribution in [1.29, 1.82) is 0 Å². The smallest absolute Gasteiger partial charge is 0.326 e. The standard InChI is InChI=1S/C6H9NO5/c1-3(8)7-4(6(11)12)2-5(9)10/h4H,2H2,1H3,(H,7,8)(H,9,10)(H,11,12)/t4-/m0/s1/i1D. The highest BCUT2D eigenvalue weighted by Gasteiger charge is 2.21. The molecule has 0 bridgehead atoms. The molecule has 0 heterocycles. The third kappa shape index (κ3) is 4.26. The van der Waals surface area contributed by atoms with Gasteiger partial charge in [0.25, 0.3) is 0 Å². The molecule has 0 aliphatic rings. The minimum absolute atomic E-state index is 0.622. The summed E-state index contributed by atoms with van der Waals surface area (Å²) in [6, 6.07) is -1.46. The average Bonchev–Trinajstić information content (AvgIpc) is 2.02. The summed E-state index contributed by atoms with van der Waals surface area (Å²) in [5, 5.41) is 18.6. The van der Waals surface area contributed by atoms with Crippen molar-refractivity contribution in [3.63, 3.8) is 0 Å². The number of hydrogen-bond acceptors (Lipinski definition) is 3. The predicted octanol–water partition coefficient (Wildman–Crippen LogP) is -0.950. The molecule has 0 radical (unpaired) electrons. The predicted molar refractivity (Wildman–Crippen MR) is 37.5 cm³/mol. The molecule has 0 spiro atoms. The van der Waals surface area contributed by atoms with Crippen LogP contribution in [0.1, 0.15) is 14.7 Å². The van der Waals surface area contributed by atoms with Crippen LogP contribution in [-0.2, 0) is 14.4 Å². The lowest BCUT2D eigenvalue weighted by molar-refractivity contribution is -0.147. The van der Waals surface area contributed by atoms with Gasteiger partial charge in [-0.3, -0.25) is 9.59 Å². The number of carbonyl (C=O) groups excluding carboxylic acids is 1. The van der Waals surface area contributed by atoms with E-state index in [-0.39, 0.29) is 0 Å². The SMILES string of the molecule is [2H]CC(=O)N[C@@H](CC(=O)O)C(=O)O. The monoisotopic (exact) mass is 176 g/mol. The van der Waals surface area contributed by atoms with Crippen molar-refractivity contribution in [1.82, 2.24) is 5.32 Å². The normalized spacial score (nSPS) is 12.8. The maximum atomic E-state index is 10.6. The van der Waals surface area contributed by atoms with Gasteiger partial charge in [0.1, 0.15) is 6.04 Å². The van der Waals surface area contributed by atoms with Crippen molar-refractivity contribution in [2.45, 2.75) is 19.4 Å². The number of carbonyl (C=O) groups is 3. The first kappa shape index (κ1) is 8.51. The van der Waals surface area contributed by atoms with Gasteiger partial charge in [-0.2, -0.15) is 0 Å². The zero-order valence-electron chi connectivity index (χ0n) is 7.11. The van der Waals surface area contributed by atoms with Crippen molar-refractivity contribution in [2.75, 3.05) is 0 Å². The molecule has 3 N–H and O–H groups in total. The third-order valence-electron chi connectivity index (χ3n) is 1.01. The minimum Gasteiger partial charge on any atom is -0.481 e. The van der Waals surface area contributed by atoms with Crippen LogP contribution >= 0.6 is 0 Å². The molecule has 12 heavy (non-hydrogen) atoms. The minimum atomic E-state index is -1.46. The van der Waals surface area contributed by atoms with E-state index in [4.69, 9.17) is 11.6 Å². The fourth-order valence-corrected chi connectivity index (χ4v) is 0.569. The van der Waals surface area contributed by atoms with E-state index in [9.17, 15) is 14.4 Å². The van der Waals surface area contributed by atoms with E-state index in [0.29, 0.717) is 0 Å². The number of hydrogen-bond donors (Lipinski definition) is 3. The Kier molecular flexibility index (Phi) is 3.06. The Balaban J connectivity index is 4.18. The van der Waals surface area contributed by atoms with Crippen molar-refractivity contribution < 1.29 is 26.0 Å². The highest BCUT2D eigenvalue weighted by Crippen LogP contribution is 1.91. The van der Waals surface area contributed by atoms with Gasteiger partial charge in [0.15, 0.2) is 0 Å². The fraction of sp³-hybridized carbons (Fsp3) is 0.500. The summed E-state index contributed by atoms with van der Waals surface area (Å²) in [5.41, 5.74) is 0. The highest BCUT2D eigenvalue weighted by molar-refractivity contribution is 5.85. The molecule has 1 atom stereocenters. The summed E-state index contributed by atoms with van der Waals surface area (Å²) >= 11 is 0. The van der Waals surface area contributed by atoms with Crippen LogP contribution < -0.4 is 5.32 Å². The first-order valence-electron chi connectivity index (χ1n) is 3.71. The van der Waals surface area contributed by atoms with Crippen LogP contribution in [0.3, 0.4) is 0 Å². The Labute approximate surface area is 69.6 Å². The van der Waals surface area contributed by atoms with Gasteiger partial charge < -0.3 is 15.5 Å². The molecular weight excluding hydrogens is 166 g/mol.